The van der Waals surface area contributed by atoms with E-state index in [0.717, 1.165) is 16.8 Å². The SMILES string of the molecule is Cc1ccccc1-n1c(/C=C/c2ccc(O)cc2)nc2ccccc2c1=O. The topological polar surface area (TPSA) is 55.1 Å². The molecule has 27 heavy (non-hydrogen) atoms. The Kier molecular flexibility index (Phi) is 4.30. The number of benzene rings is 3. The zero-order chi connectivity index (χ0) is 18.8. The Labute approximate surface area is 156 Å². The summed E-state index contributed by atoms with van der Waals surface area (Å²) in [6.07, 6.45) is 3.71. The van der Waals surface area contributed by atoms with Gasteiger partial charge in [-0.1, -0.05) is 48.5 Å². The van der Waals surface area contributed by atoms with E-state index >= 15 is 0 Å². The molecule has 1 aromatic heterocycles. The van der Waals surface area contributed by atoms with Gasteiger partial charge in [0.25, 0.3) is 5.56 Å². The van der Waals surface area contributed by atoms with Crippen LogP contribution in [0.5, 0.6) is 5.75 Å². The van der Waals surface area contributed by atoms with Gasteiger partial charge in [0, 0.05) is 0 Å². The number of hydrogen-bond donors (Lipinski definition) is 1. The molecule has 1 heterocycles. The van der Waals surface area contributed by atoms with Crippen LogP contribution >= 0.6 is 0 Å². The van der Waals surface area contributed by atoms with Crippen LogP contribution in [-0.4, -0.2) is 14.7 Å². The molecule has 0 saturated carbocycles. The zero-order valence-electron chi connectivity index (χ0n) is 14.8. The number of para-hydroxylation sites is 2. The van der Waals surface area contributed by atoms with Gasteiger partial charge in [-0.15, -0.1) is 0 Å². The van der Waals surface area contributed by atoms with Gasteiger partial charge in [-0.25, -0.2) is 4.98 Å². The van der Waals surface area contributed by atoms with Gasteiger partial charge < -0.3 is 5.11 Å². The summed E-state index contributed by atoms with van der Waals surface area (Å²) in [4.78, 5) is 17.9. The van der Waals surface area contributed by atoms with Gasteiger partial charge in [-0.05, 0) is 54.5 Å². The van der Waals surface area contributed by atoms with E-state index in [1.165, 1.54) is 0 Å². The highest BCUT2D eigenvalue weighted by Gasteiger charge is 2.12. The Bertz CT molecular complexity index is 1210. The van der Waals surface area contributed by atoms with Crippen LogP contribution in [0.2, 0.25) is 0 Å². The van der Waals surface area contributed by atoms with Gasteiger partial charge in [0.15, 0.2) is 0 Å². The molecule has 132 valence electrons. The molecule has 4 rings (SSSR count). The highest BCUT2D eigenvalue weighted by atomic mass is 16.3. The van der Waals surface area contributed by atoms with Crippen molar-refractivity contribution < 1.29 is 5.11 Å². The van der Waals surface area contributed by atoms with Gasteiger partial charge in [0.2, 0.25) is 0 Å². The Hall–Kier alpha value is -3.66. The van der Waals surface area contributed by atoms with Gasteiger partial charge in [-0.3, -0.25) is 9.36 Å². The molecular formula is C23H18N2O2. The predicted molar refractivity (Wildman–Crippen MR) is 109 cm³/mol. The molecule has 0 aliphatic rings. The van der Waals surface area contributed by atoms with Crippen LogP contribution in [0.4, 0.5) is 0 Å². The van der Waals surface area contributed by atoms with E-state index in [2.05, 4.69) is 0 Å². The number of nitrogens with zero attached hydrogens (tertiary/aromatic N) is 2. The largest absolute Gasteiger partial charge is 0.508 e. The number of phenols is 1. The molecular weight excluding hydrogens is 336 g/mol. The third-order valence-corrected chi connectivity index (χ3v) is 4.48. The monoisotopic (exact) mass is 354 g/mol. The number of aryl methyl sites for hydroxylation is 1. The molecule has 4 nitrogen and oxygen atoms in total. The average Bonchev–Trinajstić information content (AvgIpc) is 2.69. The summed E-state index contributed by atoms with van der Waals surface area (Å²) in [7, 11) is 0. The summed E-state index contributed by atoms with van der Waals surface area (Å²) < 4.78 is 1.65. The maximum Gasteiger partial charge on any atom is 0.266 e. The van der Waals surface area contributed by atoms with Crippen molar-refractivity contribution in [2.45, 2.75) is 6.92 Å². The van der Waals surface area contributed by atoms with Gasteiger partial charge >= 0.3 is 0 Å². The van der Waals surface area contributed by atoms with E-state index in [4.69, 9.17) is 4.98 Å². The van der Waals surface area contributed by atoms with Crippen molar-refractivity contribution in [1.29, 1.82) is 0 Å². The number of phenolic OH excluding ortho intramolecular Hbond substituents is 1. The lowest BCUT2D eigenvalue weighted by Gasteiger charge is -2.13. The third kappa shape index (κ3) is 3.25. The van der Waals surface area contributed by atoms with Crippen molar-refractivity contribution >= 4 is 23.1 Å². The molecule has 0 spiro atoms. The third-order valence-electron chi connectivity index (χ3n) is 4.48. The second kappa shape index (κ2) is 6.92. The second-order valence-corrected chi connectivity index (χ2v) is 6.34. The quantitative estimate of drug-likeness (QED) is 0.586. The number of aromatic hydroxyl groups is 1. The molecule has 4 aromatic rings. The lowest BCUT2D eigenvalue weighted by atomic mass is 10.1. The van der Waals surface area contributed by atoms with Crippen LogP contribution in [0, 0.1) is 6.92 Å². The molecule has 0 saturated heterocycles. The second-order valence-electron chi connectivity index (χ2n) is 6.34. The fourth-order valence-electron chi connectivity index (χ4n) is 3.07. The Morgan fingerprint density at radius 3 is 2.37 bits per heavy atom. The molecule has 1 N–H and O–H groups in total. The average molecular weight is 354 g/mol. The first-order valence-electron chi connectivity index (χ1n) is 8.68. The molecule has 0 aliphatic heterocycles. The highest BCUT2D eigenvalue weighted by molar-refractivity contribution is 5.80. The summed E-state index contributed by atoms with van der Waals surface area (Å²) in [5, 5.41) is 10.0. The minimum atomic E-state index is -0.0970. The van der Waals surface area contributed by atoms with Crippen molar-refractivity contribution in [3.05, 3.63) is 100 Å². The molecule has 0 unspecified atom stereocenters. The summed E-state index contributed by atoms with van der Waals surface area (Å²) in [5.41, 5.74) is 3.28. The molecule has 0 aliphatic carbocycles. The van der Waals surface area contributed by atoms with Gasteiger partial charge in [-0.2, -0.15) is 0 Å². The lowest BCUT2D eigenvalue weighted by molar-refractivity contribution is 0.475. The Morgan fingerprint density at radius 1 is 0.889 bits per heavy atom. The summed E-state index contributed by atoms with van der Waals surface area (Å²) >= 11 is 0. The normalized spacial score (nSPS) is 11.3. The smallest absolute Gasteiger partial charge is 0.266 e. The number of fused-ring (bicyclic) bond motifs is 1. The summed E-state index contributed by atoms with van der Waals surface area (Å²) in [6, 6.07) is 22.0. The first kappa shape index (κ1) is 16.8. The molecule has 4 heteroatoms. The standard InChI is InChI=1S/C23H18N2O2/c1-16-6-2-5-9-21(16)25-22(15-12-17-10-13-18(26)14-11-17)24-20-8-4-3-7-19(20)23(25)27/h2-15,26H,1H3/b15-12+. The van der Waals surface area contributed by atoms with E-state index in [0.29, 0.717) is 16.7 Å². The predicted octanol–water partition coefficient (Wildman–Crippen LogP) is 4.57. The van der Waals surface area contributed by atoms with Crippen molar-refractivity contribution in [3.63, 3.8) is 0 Å². The van der Waals surface area contributed by atoms with E-state index < -0.39 is 0 Å². The summed E-state index contributed by atoms with van der Waals surface area (Å²) in [5.74, 6) is 0.772. The van der Waals surface area contributed by atoms with Crippen molar-refractivity contribution in [2.24, 2.45) is 0 Å². The van der Waals surface area contributed by atoms with E-state index in [-0.39, 0.29) is 11.3 Å². The molecule has 0 radical (unpaired) electrons. The molecule has 0 fully saturated rings. The van der Waals surface area contributed by atoms with Crippen LogP contribution in [0.3, 0.4) is 0 Å². The zero-order valence-corrected chi connectivity index (χ0v) is 14.8. The fourth-order valence-corrected chi connectivity index (χ4v) is 3.07. The fraction of sp³-hybridized carbons (Fsp3) is 0.0435. The first-order valence-corrected chi connectivity index (χ1v) is 8.68. The van der Waals surface area contributed by atoms with Crippen LogP contribution < -0.4 is 5.56 Å². The van der Waals surface area contributed by atoms with Crippen LogP contribution in [-0.2, 0) is 0 Å². The maximum absolute atomic E-state index is 13.2. The minimum absolute atomic E-state index is 0.0970. The number of rotatable bonds is 3. The Balaban J connectivity index is 1.95. The first-order chi connectivity index (χ1) is 13.1. The summed E-state index contributed by atoms with van der Waals surface area (Å²) in [6.45, 7) is 1.98. The van der Waals surface area contributed by atoms with Gasteiger partial charge in [0.05, 0.1) is 16.6 Å². The van der Waals surface area contributed by atoms with E-state index in [1.807, 2.05) is 73.7 Å². The van der Waals surface area contributed by atoms with Crippen molar-refractivity contribution in [3.8, 4) is 11.4 Å². The van der Waals surface area contributed by atoms with Crippen LogP contribution in [0.15, 0.2) is 77.6 Å². The van der Waals surface area contributed by atoms with Gasteiger partial charge in [0.1, 0.15) is 11.6 Å². The minimum Gasteiger partial charge on any atom is -0.508 e. The van der Waals surface area contributed by atoms with E-state index in [1.54, 1.807) is 22.8 Å². The van der Waals surface area contributed by atoms with Crippen molar-refractivity contribution in [2.75, 3.05) is 0 Å². The number of hydrogen-bond acceptors (Lipinski definition) is 3. The molecule has 0 bridgehead atoms. The lowest BCUT2D eigenvalue weighted by Crippen LogP contribution is -2.23. The molecule has 0 atom stereocenters. The maximum atomic E-state index is 13.2. The van der Waals surface area contributed by atoms with Crippen LogP contribution in [0.1, 0.15) is 17.0 Å². The van der Waals surface area contributed by atoms with Crippen LogP contribution in [0.25, 0.3) is 28.7 Å². The van der Waals surface area contributed by atoms with Crippen molar-refractivity contribution in [1.82, 2.24) is 9.55 Å². The Morgan fingerprint density at radius 2 is 1.59 bits per heavy atom. The van der Waals surface area contributed by atoms with E-state index in [9.17, 15) is 9.90 Å². The number of aromatic nitrogens is 2. The molecule has 0 amide bonds. The molecule has 3 aromatic carbocycles. The highest BCUT2D eigenvalue weighted by Crippen LogP contribution is 2.18.